The third kappa shape index (κ3) is 2.98. The van der Waals surface area contributed by atoms with Crippen molar-refractivity contribution in [2.45, 2.75) is 39.0 Å². The van der Waals surface area contributed by atoms with Crippen LogP contribution < -0.4 is 0 Å². The number of phenols is 1. The molecule has 0 saturated carbocycles. The van der Waals surface area contributed by atoms with E-state index in [2.05, 4.69) is 39.0 Å². The van der Waals surface area contributed by atoms with Crippen LogP contribution in [0.15, 0.2) is 48.5 Å². The van der Waals surface area contributed by atoms with Crippen molar-refractivity contribution < 1.29 is 5.11 Å². The molecular weight excluding hydrogens is 232 g/mol. The second kappa shape index (κ2) is 5.92. The lowest BCUT2D eigenvalue weighted by Crippen LogP contribution is -1.99. The van der Waals surface area contributed by atoms with Crippen LogP contribution in [0.5, 0.6) is 5.75 Å². The summed E-state index contributed by atoms with van der Waals surface area (Å²) < 4.78 is 0. The average Bonchev–Trinajstić information content (AvgIpc) is 2.47. The van der Waals surface area contributed by atoms with Crippen LogP contribution in [-0.4, -0.2) is 5.11 Å². The Balaban J connectivity index is 2.38. The van der Waals surface area contributed by atoms with Crippen molar-refractivity contribution in [1.29, 1.82) is 0 Å². The van der Waals surface area contributed by atoms with E-state index in [1.807, 2.05) is 30.3 Å². The first-order valence-corrected chi connectivity index (χ1v) is 7.01. The standard InChI is InChI=1S/C18H22O/c1-4-13(2)16-10-11-18(19)17(12-16)14(3)15-8-6-5-7-9-15/h5-14,19H,4H2,1-3H3. The third-order valence-corrected chi connectivity index (χ3v) is 4.00. The summed E-state index contributed by atoms with van der Waals surface area (Å²) in [5, 5.41) is 10.1. The third-order valence-electron chi connectivity index (χ3n) is 4.00. The van der Waals surface area contributed by atoms with Gasteiger partial charge in [-0.25, -0.2) is 0 Å². The predicted molar refractivity (Wildman–Crippen MR) is 80.8 cm³/mol. The van der Waals surface area contributed by atoms with E-state index in [9.17, 15) is 5.11 Å². The van der Waals surface area contributed by atoms with Gasteiger partial charge in [-0.2, -0.15) is 0 Å². The lowest BCUT2D eigenvalue weighted by atomic mass is 9.88. The van der Waals surface area contributed by atoms with Crippen molar-refractivity contribution in [2.75, 3.05) is 0 Å². The molecule has 2 unspecified atom stereocenters. The van der Waals surface area contributed by atoms with E-state index in [0.29, 0.717) is 11.7 Å². The maximum Gasteiger partial charge on any atom is 0.119 e. The van der Waals surface area contributed by atoms with Gasteiger partial charge in [0.25, 0.3) is 0 Å². The lowest BCUT2D eigenvalue weighted by molar-refractivity contribution is 0.465. The van der Waals surface area contributed by atoms with Crippen molar-refractivity contribution in [3.8, 4) is 5.75 Å². The highest BCUT2D eigenvalue weighted by Gasteiger charge is 2.14. The van der Waals surface area contributed by atoms with Gasteiger partial charge in [-0.3, -0.25) is 0 Å². The second-order valence-electron chi connectivity index (χ2n) is 5.26. The van der Waals surface area contributed by atoms with Crippen molar-refractivity contribution >= 4 is 0 Å². The first kappa shape index (κ1) is 13.7. The Hall–Kier alpha value is -1.76. The zero-order valence-corrected chi connectivity index (χ0v) is 11.9. The second-order valence-corrected chi connectivity index (χ2v) is 5.26. The number of hydrogen-bond acceptors (Lipinski definition) is 1. The summed E-state index contributed by atoms with van der Waals surface area (Å²) >= 11 is 0. The van der Waals surface area contributed by atoms with Crippen LogP contribution in [0, 0.1) is 0 Å². The molecule has 0 aliphatic heterocycles. The Morgan fingerprint density at radius 3 is 2.26 bits per heavy atom. The van der Waals surface area contributed by atoms with Crippen LogP contribution in [0.25, 0.3) is 0 Å². The maximum atomic E-state index is 10.1. The molecule has 2 atom stereocenters. The van der Waals surface area contributed by atoms with Gasteiger partial charge in [-0.1, -0.05) is 63.2 Å². The zero-order valence-electron chi connectivity index (χ0n) is 11.9. The Morgan fingerprint density at radius 2 is 1.63 bits per heavy atom. The average molecular weight is 254 g/mol. The molecule has 1 N–H and O–H groups in total. The van der Waals surface area contributed by atoms with Crippen LogP contribution in [0.3, 0.4) is 0 Å². The fourth-order valence-electron chi connectivity index (χ4n) is 2.38. The van der Waals surface area contributed by atoms with Gasteiger partial charge in [-0.15, -0.1) is 0 Å². The highest BCUT2D eigenvalue weighted by Crippen LogP contribution is 2.33. The zero-order chi connectivity index (χ0) is 13.8. The molecule has 2 rings (SSSR count). The summed E-state index contributed by atoms with van der Waals surface area (Å²) in [5.74, 6) is 1.14. The van der Waals surface area contributed by atoms with E-state index in [4.69, 9.17) is 0 Å². The minimum atomic E-state index is 0.213. The molecule has 1 heteroatoms. The summed E-state index contributed by atoms with van der Waals surface area (Å²) in [6.07, 6.45) is 1.12. The Kier molecular flexibility index (Phi) is 4.26. The SMILES string of the molecule is CCC(C)c1ccc(O)c(C(C)c2ccccc2)c1. The molecular formula is C18H22O. The van der Waals surface area contributed by atoms with Gasteiger partial charge in [0.2, 0.25) is 0 Å². The Labute approximate surface area is 115 Å². The minimum absolute atomic E-state index is 0.213. The maximum absolute atomic E-state index is 10.1. The van der Waals surface area contributed by atoms with E-state index >= 15 is 0 Å². The van der Waals surface area contributed by atoms with Crippen LogP contribution in [-0.2, 0) is 0 Å². The molecule has 0 fully saturated rings. The summed E-state index contributed by atoms with van der Waals surface area (Å²) in [6, 6.07) is 16.3. The van der Waals surface area contributed by atoms with E-state index < -0.39 is 0 Å². The van der Waals surface area contributed by atoms with Crippen LogP contribution in [0.4, 0.5) is 0 Å². The van der Waals surface area contributed by atoms with Gasteiger partial charge in [0.1, 0.15) is 5.75 Å². The molecule has 19 heavy (non-hydrogen) atoms. The van der Waals surface area contributed by atoms with Crippen LogP contribution in [0.2, 0.25) is 0 Å². The summed E-state index contributed by atoms with van der Waals surface area (Å²) in [7, 11) is 0. The predicted octanol–water partition coefficient (Wildman–Crippen LogP) is 5.06. The number of benzene rings is 2. The number of aromatic hydroxyl groups is 1. The topological polar surface area (TPSA) is 20.2 Å². The highest BCUT2D eigenvalue weighted by atomic mass is 16.3. The molecule has 100 valence electrons. The highest BCUT2D eigenvalue weighted by molar-refractivity contribution is 5.43. The van der Waals surface area contributed by atoms with Crippen LogP contribution >= 0.6 is 0 Å². The summed E-state index contributed by atoms with van der Waals surface area (Å²) in [5.41, 5.74) is 3.56. The first-order chi connectivity index (χ1) is 9.13. The molecule has 0 heterocycles. The first-order valence-electron chi connectivity index (χ1n) is 7.01. The quantitative estimate of drug-likeness (QED) is 0.808. The van der Waals surface area contributed by atoms with Crippen molar-refractivity contribution in [2.24, 2.45) is 0 Å². The lowest BCUT2D eigenvalue weighted by Gasteiger charge is -2.17. The van der Waals surface area contributed by atoms with Gasteiger partial charge in [0.05, 0.1) is 0 Å². The molecule has 0 aliphatic carbocycles. The summed E-state index contributed by atoms with van der Waals surface area (Å²) in [6.45, 7) is 6.56. The van der Waals surface area contributed by atoms with Gasteiger partial charge < -0.3 is 5.11 Å². The molecule has 0 saturated heterocycles. The fourth-order valence-corrected chi connectivity index (χ4v) is 2.38. The molecule has 0 aliphatic rings. The minimum Gasteiger partial charge on any atom is -0.508 e. The number of phenolic OH excluding ortho intramolecular Hbond substituents is 1. The Morgan fingerprint density at radius 1 is 0.947 bits per heavy atom. The molecule has 1 nitrogen and oxygen atoms in total. The van der Waals surface area contributed by atoms with Gasteiger partial charge in [0.15, 0.2) is 0 Å². The molecule has 0 spiro atoms. The van der Waals surface area contributed by atoms with E-state index in [-0.39, 0.29) is 5.92 Å². The van der Waals surface area contributed by atoms with E-state index in [1.165, 1.54) is 11.1 Å². The van der Waals surface area contributed by atoms with Crippen LogP contribution in [0.1, 0.15) is 55.7 Å². The molecule has 0 aromatic heterocycles. The number of hydrogen-bond donors (Lipinski definition) is 1. The molecule has 2 aromatic rings. The molecule has 2 aromatic carbocycles. The molecule has 0 bridgehead atoms. The molecule has 0 amide bonds. The van der Waals surface area contributed by atoms with Gasteiger partial charge in [0, 0.05) is 11.5 Å². The largest absolute Gasteiger partial charge is 0.508 e. The van der Waals surface area contributed by atoms with Gasteiger partial charge >= 0.3 is 0 Å². The van der Waals surface area contributed by atoms with Gasteiger partial charge in [-0.05, 0) is 29.5 Å². The normalized spacial score (nSPS) is 14.1. The smallest absolute Gasteiger partial charge is 0.119 e. The van der Waals surface area contributed by atoms with E-state index in [0.717, 1.165) is 12.0 Å². The van der Waals surface area contributed by atoms with Crippen molar-refractivity contribution in [1.82, 2.24) is 0 Å². The monoisotopic (exact) mass is 254 g/mol. The van der Waals surface area contributed by atoms with E-state index in [1.54, 1.807) is 0 Å². The molecule has 0 radical (unpaired) electrons. The van der Waals surface area contributed by atoms with Crippen molar-refractivity contribution in [3.63, 3.8) is 0 Å². The Bertz CT molecular complexity index is 531. The van der Waals surface area contributed by atoms with Crippen molar-refractivity contribution in [3.05, 3.63) is 65.2 Å². The summed E-state index contributed by atoms with van der Waals surface area (Å²) in [4.78, 5) is 0. The number of rotatable bonds is 4. The fraction of sp³-hybridized carbons (Fsp3) is 0.333.